The quantitative estimate of drug-likeness (QED) is 0.126. The molecule has 0 aliphatic heterocycles. The van der Waals surface area contributed by atoms with Gasteiger partial charge in [0.1, 0.15) is 11.0 Å². The minimum Gasteiger partial charge on any atom is -0.435 e. The molecule has 10 nitrogen and oxygen atoms in total. The second-order valence-corrected chi connectivity index (χ2v) is 24.2. The first kappa shape index (κ1) is 57.2. The number of pyridine rings is 1. The third-order valence-corrected chi connectivity index (χ3v) is 18.1. The molecule has 0 saturated heterocycles. The molecule has 0 fully saturated rings. The fourth-order valence-corrected chi connectivity index (χ4v) is 13.4. The lowest BCUT2D eigenvalue weighted by atomic mass is 9.97. The van der Waals surface area contributed by atoms with Gasteiger partial charge < -0.3 is 13.4 Å². The van der Waals surface area contributed by atoms with Crippen LogP contribution in [0, 0.1) is 0 Å². The zero-order valence-corrected chi connectivity index (χ0v) is 52.7. The summed E-state index contributed by atoms with van der Waals surface area (Å²) < 4.78 is 17.4. The molecule has 0 saturated carbocycles. The van der Waals surface area contributed by atoms with Gasteiger partial charge in [-0.1, -0.05) is 255 Å². The van der Waals surface area contributed by atoms with Crippen LogP contribution in [-0.4, -0.2) is 39.0 Å². The summed E-state index contributed by atoms with van der Waals surface area (Å²) in [4.78, 5) is 30.1. The van der Waals surface area contributed by atoms with E-state index in [0.29, 0.717) is 29.4 Å². The first-order valence-electron chi connectivity index (χ1n) is 32.7. The molecule has 0 radical (unpaired) electrons. The van der Waals surface area contributed by atoms with Crippen molar-refractivity contribution in [2.45, 2.75) is 0 Å². The Morgan fingerprint density at radius 2 is 0.592 bits per heavy atom. The summed E-state index contributed by atoms with van der Waals surface area (Å²) in [7, 11) is 0. The van der Waals surface area contributed by atoms with Gasteiger partial charge in [0.15, 0.2) is 22.8 Å². The Hall–Kier alpha value is -13.4. The van der Waals surface area contributed by atoms with E-state index in [9.17, 15) is 0 Å². The van der Waals surface area contributed by atoms with Crippen molar-refractivity contribution >= 4 is 65.8 Å². The van der Waals surface area contributed by atoms with E-state index < -0.39 is 0 Å². The van der Waals surface area contributed by atoms with Crippen LogP contribution in [0.25, 0.3) is 179 Å². The predicted molar refractivity (Wildman–Crippen MR) is 397 cm³/mol. The Morgan fingerprint density at radius 3 is 1.09 bits per heavy atom. The van der Waals surface area contributed by atoms with Crippen LogP contribution in [0.15, 0.2) is 349 Å². The second-order valence-electron chi connectivity index (χ2n) is 24.2. The minimum atomic E-state index is 0.532. The standard InChI is InChI=1S/C48H31N3O.C40H25N5O/c1-4-13-32(14-5-1)33-23-25-34(26-24-33)38-30-42(35-15-6-2-7-16-35)49-43(31-38)37-19-12-20-39(29-37)51-44-22-11-10-21-40(44)46-45(51)28-27-41-47(46)52-48(50-41)36-17-8-3-9-18-36;1-4-12-26(13-5-1)27-20-22-29(23-21-27)38-42-37(28-14-6-2-7-15-28)43-40(44-38)45-33-19-11-10-18-31(33)35-34(45)25-24-32-36(35)46-39(41-32)30-16-8-3-9-17-30/h1-31H;1-25H. The van der Waals surface area contributed by atoms with Crippen LogP contribution in [0.4, 0.5) is 0 Å². The summed E-state index contributed by atoms with van der Waals surface area (Å²) in [6.07, 6.45) is 0. The number of benzene rings is 13. The molecule has 10 heteroatoms. The molecule has 0 N–H and O–H groups in total. The average Bonchev–Trinajstić information content (AvgIpc) is 1.58. The molecule has 0 bridgehead atoms. The summed E-state index contributed by atoms with van der Waals surface area (Å²) >= 11 is 0. The molecule has 19 aromatic rings. The van der Waals surface area contributed by atoms with E-state index in [-0.39, 0.29) is 0 Å². The lowest BCUT2D eigenvalue weighted by molar-refractivity contribution is 0.622. The maximum atomic E-state index is 6.53. The van der Waals surface area contributed by atoms with Crippen molar-refractivity contribution in [3.05, 3.63) is 340 Å². The molecule has 0 aliphatic rings. The molecule has 0 unspecified atom stereocenters. The highest BCUT2D eigenvalue weighted by Crippen LogP contribution is 2.42. The largest absolute Gasteiger partial charge is 0.435 e. The highest BCUT2D eigenvalue weighted by atomic mass is 16.4. The SMILES string of the molecule is c1ccc(-c2ccc(-c3cc(-c4ccccc4)nc(-c4cccc(-n5c6ccccc6c6c7oc(-c8ccccc8)nc7ccc65)c4)c3)cc2)cc1.c1ccc(-c2ccc(-c3nc(-c4ccccc4)nc(-n4c5ccccc5c5c6oc(-c7ccccc7)nc6ccc54)n3)cc2)cc1. The predicted octanol–water partition coefficient (Wildman–Crippen LogP) is 22.4. The Balaban J connectivity index is 0.000000143. The lowest BCUT2D eigenvalue weighted by Gasteiger charge is -2.13. The van der Waals surface area contributed by atoms with Crippen molar-refractivity contribution in [3.63, 3.8) is 0 Å². The molecule has 13 aromatic carbocycles. The third kappa shape index (κ3) is 10.5. The van der Waals surface area contributed by atoms with E-state index in [2.05, 4.69) is 215 Å². The number of para-hydroxylation sites is 2. The van der Waals surface area contributed by atoms with Gasteiger partial charge in [-0.2, -0.15) is 9.97 Å². The second kappa shape index (κ2) is 24.5. The Bertz CT molecular complexity index is 6130. The highest BCUT2D eigenvalue weighted by Gasteiger charge is 2.24. The number of hydrogen-bond donors (Lipinski definition) is 0. The normalized spacial score (nSPS) is 11.5. The zero-order valence-electron chi connectivity index (χ0n) is 52.7. The van der Waals surface area contributed by atoms with E-state index in [4.69, 9.17) is 38.7 Å². The van der Waals surface area contributed by atoms with Crippen LogP contribution >= 0.6 is 0 Å². The van der Waals surface area contributed by atoms with Gasteiger partial charge in [0.2, 0.25) is 17.7 Å². The van der Waals surface area contributed by atoms with Gasteiger partial charge >= 0.3 is 0 Å². The van der Waals surface area contributed by atoms with Crippen molar-refractivity contribution in [2.75, 3.05) is 0 Å². The maximum absolute atomic E-state index is 6.53. The summed E-state index contributed by atoms with van der Waals surface area (Å²) in [6.45, 7) is 0. The van der Waals surface area contributed by atoms with Gasteiger partial charge in [-0.15, -0.1) is 0 Å². The molecular formula is C88H56N8O2. The van der Waals surface area contributed by atoms with Crippen molar-refractivity contribution in [2.24, 2.45) is 0 Å². The fraction of sp³-hybridized carbons (Fsp3) is 0. The lowest BCUT2D eigenvalue weighted by Crippen LogP contribution is -2.06. The monoisotopic (exact) mass is 1260 g/mol. The van der Waals surface area contributed by atoms with Gasteiger partial charge in [0.05, 0.1) is 44.2 Å². The fourth-order valence-electron chi connectivity index (χ4n) is 13.4. The van der Waals surface area contributed by atoms with Gasteiger partial charge in [0.25, 0.3) is 0 Å². The van der Waals surface area contributed by atoms with Crippen molar-refractivity contribution in [1.82, 2.24) is 39.0 Å². The van der Waals surface area contributed by atoms with Crippen LogP contribution in [0.2, 0.25) is 0 Å². The number of oxazole rings is 2. The summed E-state index contributed by atoms with van der Waals surface area (Å²) in [5.74, 6) is 2.95. The molecule has 6 aromatic heterocycles. The molecule has 0 spiro atoms. The molecule has 0 amide bonds. The minimum absolute atomic E-state index is 0.532. The first-order chi connectivity index (χ1) is 48.6. The van der Waals surface area contributed by atoms with Crippen molar-refractivity contribution in [1.29, 1.82) is 0 Å². The van der Waals surface area contributed by atoms with E-state index in [1.165, 1.54) is 11.1 Å². The molecule has 98 heavy (non-hydrogen) atoms. The number of nitrogens with zero attached hydrogens (tertiary/aromatic N) is 8. The molecule has 460 valence electrons. The van der Waals surface area contributed by atoms with Gasteiger partial charge in [-0.05, 0) is 118 Å². The van der Waals surface area contributed by atoms with E-state index >= 15 is 0 Å². The zero-order chi connectivity index (χ0) is 64.9. The van der Waals surface area contributed by atoms with Crippen LogP contribution in [0.1, 0.15) is 0 Å². The smallest absolute Gasteiger partial charge is 0.238 e. The summed E-state index contributed by atoms with van der Waals surface area (Å²) in [5.41, 5.74) is 22.9. The topological polar surface area (TPSA) is 113 Å². The van der Waals surface area contributed by atoms with Crippen LogP contribution in [-0.2, 0) is 0 Å². The van der Waals surface area contributed by atoms with Gasteiger partial charge in [0, 0.05) is 49.8 Å². The van der Waals surface area contributed by atoms with Crippen molar-refractivity contribution in [3.8, 4) is 113 Å². The van der Waals surface area contributed by atoms with Crippen LogP contribution in [0.5, 0.6) is 0 Å². The molecule has 0 atom stereocenters. The maximum Gasteiger partial charge on any atom is 0.238 e. The highest BCUT2D eigenvalue weighted by molar-refractivity contribution is 6.20. The molecule has 0 aliphatic carbocycles. The molecular weight excluding hydrogens is 1200 g/mol. The Morgan fingerprint density at radius 1 is 0.224 bits per heavy atom. The van der Waals surface area contributed by atoms with E-state index in [1.807, 2.05) is 133 Å². The summed E-state index contributed by atoms with van der Waals surface area (Å²) in [6, 6.07) is 117. The van der Waals surface area contributed by atoms with Crippen molar-refractivity contribution < 1.29 is 8.83 Å². The molecule has 6 heterocycles. The number of rotatable bonds is 11. The Labute approximate surface area is 563 Å². The van der Waals surface area contributed by atoms with Crippen LogP contribution in [0.3, 0.4) is 0 Å². The number of hydrogen-bond acceptors (Lipinski definition) is 8. The van der Waals surface area contributed by atoms with E-state index in [1.54, 1.807) is 0 Å². The first-order valence-corrected chi connectivity index (χ1v) is 32.7. The van der Waals surface area contributed by atoms with E-state index in [0.717, 1.165) is 139 Å². The molecule has 19 rings (SSSR count). The van der Waals surface area contributed by atoms with Crippen LogP contribution < -0.4 is 0 Å². The summed E-state index contributed by atoms with van der Waals surface area (Å²) in [5, 5.41) is 4.18. The Kier molecular flexibility index (Phi) is 14.3. The average molecular weight is 1260 g/mol. The van der Waals surface area contributed by atoms with Gasteiger partial charge in [-0.25, -0.2) is 19.9 Å². The third-order valence-electron chi connectivity index (χ3n) is 18.1. The number of aromatic nitrogens is 8. The number of fused-ring (bicyclic) bond motifs is 10. The van der Waals surface area contributed by atoms with Gasteiger partial charge in [-0.3, -0.25) is 4.57 Å².